The second-order valence-electron chi connectivity index (χ2n) is 3.53. The summed E-state index contributed by atoms with van der Waals surface area (Å²) in [4.78, 5) is 10.5. The summed E-state index contributed by atoms with van der Waals surface area (Å²) < 4.78 is 0. The molecule has 6 heteroatoms. The molecular formula is C10H15N3O3. The molecular weight excluding hydrogens is 210 g/mol. The van der Waals surface area contributed by atoms with Crippen molar-refractivity contribution in [1.29, 1.82) is 0 Å². The normalized spacial score (nSPS) is 12.1. The van der Waals surface area contributed by atoms with Crippen LogP contribution in [0.5, 0.6) is 0 Å². The number of carboxylic acid groups (broad SMARTS) is 1. The van der Waals surface area contributed by atoms with Crippen LogP contribution in [0.15, 0.2) is 12.1 Å². The number of carboxylic acids is 1. The summed E-state index contributed by atoms with van der Waals surface area (Å²) in [5, 5.41) is 27.9. The molecule has 1 unspecified atom stereocenters. The topological polar surface area (TPSA) is 95.3 Å². The zero-order valence-electron chi connectivity index (χ0n) is 9.05. The van der Waals surface area contributed by atoms with Crippen molar-refractivity contribution in [3.05, 3.63) is 17.8 Å². The highest BCUT2D eigenvalue weighted by Crippen LogP contribution is 2.03. The number of hydrogen-bond acceptors (Lipinski definition) is 5. The summed E-state index contributed by atoms with van der Waals surface area (Å²) in [6, 6.07) is 2.96. The van der Waals surface area contributed by atoms with Gasteiger partial charge in [-0.15, -0.1) is 10.2 Å². The fraction of sp³-hybridized carbons (Fsp3) is 0.500. The molecule has 0 bridgehead atoms. The SMILES string of the molecule is CC(O)CCCNc1ccc(C(=O)O)nn1. The van der Waals surface area contributed by atoms with Gasteiger partial charge in [-0.25, -0.2) is 4.79 Å². The second-order valence-corrected chi connectivity index (χ2v) is 3.53. The van der Waals surface area contributed by atoms with Crippen molar-refractivity contribution in [2.45, 2.75) is 25.9 Å². The van der Waals surface area contributed by atoms with Crippen LogP contribution in [0.3, 0.4) is 0 Å². The van der Waals surface area contributed by atoms with Gasteiger partial charge in [0.05, 0.1) is 6.10 Å². The summed E-state index contributed by atoms with van der Waals surface area (Å²) in [5.41, 5.74) is -0.0745. The maximum absolute atomic E-state index is 10.5. The third kappa shape index (κ3) is 4.22. The number of aromatic carboxylic acids is 1. The lowest BCUT2D eigenvalue weighted by atomic mass is 10.2. The Morgan fingerprint density at radius 1 is 1.50 bits per heavy atom. The van der Waals surface area contributed by atoms with E-state index in [1.807, 2.05) is 0 Å². The van der Waals surface area contributed by atoms with Crippen molar-refractivity contribution in [3.8, 4) is 0 Å². The van der Waals surface area contributed by atoms with E-state index in [-0.39, 0.29) is 11.8 Å². The van der Waals surface area contributed by atoms with E-state index in [0.29, 0.717) is 18.8 Å². The van der Waals surface area contributed by atoms with Gasteiger partial charge in [0, 0.05) is 6.54 Å². The standard InChI is InChI=1S/C10H15N3O3/c1-7(14)3-2-6-11-9-5-4-8(10(15)16)12-13-9/h4-5,7,14H,2-3,6H2,1H3,(H,11,13)(H,15,16). The van der Waals surface area contributed by atoms with Gasteiger partial charge >= 0.3 is 5.97 Å². The highest BCUT2D eigenvalue weighted by molar-refractivity contribution is 5.85. The molecule has 0 aliphatic heterocycles. The summed E-state index contributed by atoms with van der Waals surface area (Å²) in [5.74, 6) is -0.552. The summed E-state index contributed by atoms with van der Waals surface area (Å²) in [6.07, 6.45) is 1.23. The van der Waals surface area contributed by atoms with Crippen LogP contribution in [0.1, 0.15) is 30.3 Å². The first kappa shape index (κ1) is 12.4. The van der Waals surface area contributed by atoms with Crippen LogP contribution in [0.2, 0.25) is 0 Å². The van der Waals surface area contributed by atoms with Gasteiger partial charge in [0.15, 0.2) is 5.69 Å². The molecule has 0 saturated heterocycles. The molecule has 1 atom stereocenters. The largest absolute Gasteiger partial charge is 0.476 e. The maximum Gasteiger partial charge on any atom is 0.356 e. The first-order valence-corrected chi connectivity index (χ1v) is 5.08. The van der Waals surface area contributed by atoms with Crippen LogP contribution < -0.4 is 5.32 Å². The highest BCUT2D eigenvalue weighted by atomic mass is 16.4. The molecule has 0 aromatic carbocycles. The number of anilines is 1. The van der Waals surface area contributed by atoms with Crippen molar-refractivity contribution >= 4 is 11.8 Å². The predicted octanol–water partition coefficient (Wildman–Crippen LogP) is 0.748. The molecule has 0 saturated carbocycles. The lowest BCUT2D eigenvalue weighted by molar-refractivity contribution is 0.0689. The van der Waals surface area contributed by atoms with E-state index in [2.05, 4.69) is 15.5 Å². The maximum atomic E-state index is 10.5. The number of rotatable bonds is 6. The molecule has 1 rings (SSSR count). The third-order valence-corrected chi connectivity index (χ3v) is 1.99. The van der Waals surface area contributed by atoms with Crippen LogP contribution in [0, 0.1) is 0 Å². The Bertz CT molecular complexity index is 338. The van der Waals surface area contributed by atoms with Crippen molar-refractivity contribution in [3.63, 3.8) is 0 Å². The molecule has 0 amide bonds. The van der Waals surface area contributed by atoms with Gasteiger partial charge < -0.3 is 15.5 Å². The number of carbonyl (C=O) groups is 1. The first-order chi connectivity index (χ1) is 7.59. The van der Waals surface area contributed by atoms with Crippen molar-refractivity contribution < 1.29 is 15.0 Å². The van der Waals surface area contributed by atoms with E-state index in [1.54, 1.807) is 13.0 Å². The number of nitrogens with zero attached hydrogens (tertiary/aromatic N) is 2. The van der Waals surface area contributed by atoms with Crippen LogP contribution >= 0.6 is 0 Å². The molecule has 16 heavy (non-hydrogen) atoms. The quantitative estimate of drug-likeness (QED) is 0.618. The van der Waals surface area contributed by atoms with Gasteiger partial charge in [0.25, 0.3) is 0 Å². The van der Waals surface area contributed by atoms with Crippen LogP contribution in [0.25, 0.3) is 0 Å². The van der Waals surface area contributed by atoms with E-state index in [9.17, 15) is 4.79 Å². The Morgan fingerprint density at radius 2 is 2.25 bits per heavy atom. The molecule has 1 aromatic rings. The number of nitrogens with one attached hydrogen (secondary N) is 1. The minimum absolute atomic E-state index is 0.0745. The average molecular weight is 225 g/mol. The Hall–Kier alpha value is -1.69. The average Bonchev–Trinajstić information content (AvgIpc) is 2.25. The molecule has 88 valence electrons. The monoisotopic (exact) mass is 225 g/mol. The van der Waals surface area contributed by atoms with Gasteiger partial charge in [0.2, 0.25) is 0 Å². The van der Waals surface area contributed by atoms with Crippen LogP contribution in [-0.2, 0) is 0 Å². The van der Waals surface area contributed by atoms with Crippen LogP contribution in [0.4, 0.5) is 5.82 Å². The zero-order chi connectivity index (χ0) is 12.0. The Morgan fingerprint density at radius 3 is 2.75 bits per heavy atom. The first-order valence-electron chi connectivity index (χ1n) is 5.08. The van der Waals surface area contributed by atoms with E-state index in [4.69, 9.17) is 10.2 Å². The molecule has 0 fully saturated rings. The molecule has 1 aromatic heterocycles. The third-order valence-electron chi connectivity index (χ3n) is 1.99. The molecule has 1 heterocycles. The zero-order valence-corrected chi connectivity index (χ0v) is 9.05. The summed E-state index contributed by atoms with van der Waals surface area (Å²) >= 11 is 0. The fourth-order valence-corrected chi connectivity index (χ4v) is 1.15. The number of aliphatic hydroxyl groups is 1. The second kappa shape index (κ2) is 6.02. The number of aliphatic hydroxyl groups excluding tert-OH is 1. The fourth-order valence-electron chi connectivity index (χ4n) is 1.15. The van der Waals surface area contributed by atoms with E-state index in [0.717, 1.165) is 6.42 Å². The van der Waals surface area contributed by atoms with Gasteiger partial charge in [-0.2, -0.15) is 0 Å². The van der Waals surface area contributed by atoms with Gasteiger partial charge in [0.1, 0.15) is 5.82 Å². The lowest BCUT2D eigenvalue weighted by Crippen LogP contribution is -2.09. The highest BCUT2D eigenvalue weighted by Gasteiger charge is 2.04. The minimum Gasteiger partial charge on any atom is -0.476 e. The smallest absolute Gasteiger partial charge is 0.356 e. The van der Waals surface area contributed by atoms with E-state index in [1.165, 1.54) is 6.07 Å². The summed E-state index contributed by atoms with van der Waals surface area (Å²) in [6.45, 7) is 2.41. The van der Waals surface area contributed by atoms with E-state index < -0.39 is 5.97 Å². The number of hydrogen-bond donors (Lipinski definition) is 3. The number of aromatic nitrogens is 2. The minimum atomic E-state index is -1.09. The molecule has 6 nitrogen and oxygen atoms in total. The molecule has 0 radical (unpaired) electrons. The molecule has 0 aliphatic carbocycles. The molecule has 3 N–H and O–H groups in total. The molecule has 0 aliphatic rings. The predicted molar refractivity (Wildman–Crippen MR) is 58.4 cm³/mol. The van der Waals surface area contributed by atoms with E-state index >= 15 is 0 Å². The van der Waals surface area contributed by atoms with Gasteiger partial charge in [-0.3, -0.25) is 0 Å². The van der Waals surface area contributed by atoms with Crippen LogP contribution in [-0.4, -0.2) is 39.0 Å². The lowest BCUT2D eigenvalue weighted by Gasteiger charge is -2.06. The van der Waals surface area contributed by atoms with Gasteiger partial charge in [-0.05, 0) is 31.9 Å². The molecule has 0 spiro atoms. The Balaban J connectivity index is 2.35. The summed E-state index contributed by atoms with van der Waals surface area (Å²) in [7, 11) is 0. The van der Waals surface area contributed by atoms with Crippen molar-refractivity contribution in [2.24, 2.45) is 0 Å². The Labute approximate surface area is 93.3 Å². The van der Waals surface area contributed by atoms with Crippen molar-refractivity contribution in [2.75, 3.05) is 11.9 Å². The van der Waals surface area contributed by atoms with Gasteiger partial charge in [-0.1, -0.05) is 0 Å². The Kier molecular flexibility index (Phi) is 4.65. The van der Waals surface area contributed by atoms with Crippen molar-refractivity contribution in [1.82, 2.24) is 10.2 Å².